The molecule has 0 radical (unpaired) electrons. The van der Waals surface area contributed by atoms with Crippen LogP contribution in [-0.2, 0) is 0 Å². The van der Waals surface area contributed by atoms with E-state index in [0.29, 0.717) is 0 Å². The van der Waals surface area contributed by atoms with Gasteiger partial charge in [0.15, 0.2) is 0 Å². The molecule has 0 atom stereocenters. The molecule has 106 valence electrons. The molecule has 0 aliphatic carbocycles. The van der Waals surface area contributed by atoms with Crippen molar-refractivity contribution in [3.05, 3.63) is 83.4 Å². The van der Waals surface area contributed by atoms with Crippen LogP contribution in [0.15, 0.2) is 72.8 Å². The normalized spacial score (nSPS) is 11.2. The van der Waals surface area contributed by atoms with Crippen LogP contribution in [0.1, 0.15) is 5.56 Å². The fourth-order valence-corrected chi connectivity index (χ4v) is 3.33. The van der Waals surface area contributed by atoms with E-state index in [0.717, 1.165) is 5.02 Å². The summed E-state index contributed by atoms with van der Waals surface area (Å²) in [5.41, 5.74) is 3.69. The van der Waals surface area contributed by atoms with Gasteiger partial charge in [0, 0.05) is 5.02 Å². The molecule has 0 saturated carbocycles. The van der Waals surface area contributed by atoms with Gasteiger partial charge in [-0.1, -0.05) is 66.2 Å². The molecule has 0 saturated heterocycles. The summed E-state index contributed by atoms with van der Waals surface area (Å²) in [6, 6.07) is 25.5. The standard InChI is InChI=1S/C21H15Cl/c1-14-10-11-16(22)13-20(14)21-12-15-6-2-3-7-17(15)18-8-4-5-9-19(18)21/h2-13H,1H3. The van der Waals surface area contributed by atoms with Crippen molar-refractivity contribution < 1.29 is 0 Å². The Hall–Kier alpha value is -2.31. The van der Waals surface area contributed by atoms with E-state index in [-0.39, 0.29) is 0 Å². The lowest BCUT2D eigenvalue weighted by Gasteiger charge is -2.13. The van der Waals surface area contributed by atoms with Crippen molar-refractivity contribution in [2.45, 2.75) is 6.92 Å². The summed E-state index contributed by atoms with van der Waals surface area (Å²) >= 11 is 6.24. The van der Waals surface area contributed by atoms with Gasteiger partial charge in [0.2, 0.25) is 0 Å². The van der Waals surface area contributed by atoms with Gasteiger partial charge in [-0.25, -0.2) is 0 Å². The molecule has 0 amide bonds. The van der Waals surface area contributed by atoms with Gasteiger partial charge in [0.1, 0.15) is 0 Å². The molecule has 4 aromatic rings. The first-order valence-electron chi connectivity index (χ1n) is 7.41. The Labute approximate surface area is 135 Å². The summed E-state index contributed by atoms with van der Waals surface area (Å²) in [7, 11) is 0. The first-order chi connectivity index (χ1) is 10.7. The second-order valence-electron chi connectivity index (χ2n) is 5.65. The highest BCUT2D eigenvalue weighted by atomic mass is 35.5. The first-order valence-corrected chi connectivity index (χ1v) is 7.79. The molecule has 0 aliphatic rings. The quantitative estimate of drug-likeness (QED) is 0.346. The number of aryl methyl sites for hydroxylation is 1. The summed E-state index contributed by atoms with van der Waals surface area (Å²) in [6.45, 7) is 2.13. The average molecular weight is 303 g/mol. The SMILES string of the molecule is Cc1ccc(Cl)cc1-c1cc2ccccc2c2ccccc12. The minimum Gasteiger partial charge on any atom is -0.0843 e. The van der Waals surface area contributed by atoms with Crippen molar-refractivity contribution >= 4 is 33.1 Å². The lowest BCUT2D eigenvalue weighted by Crippen LogP contribution is -1.87. The fourth-order valence-electron chi connectivity index (χ4n) is 3.16. The molecule has 0 nitrogen and oxygen atoms in total. The van der Waals surface area contributed by atoms with Gasteiger partial charge in [0.25, 0.3) is 0 Å². The third kappa shape index (κ3) is 2.08. The Morgan fingerprint density at radius 1 is 0.636 bits per heavy atom. The number of hydrogen-bond acceptors (Lipinski definition) is 0. The highest BCUT2D eigenvalue weighted by Crippen LogP contribution is 2.36. The zero-order chi connectivity index (χ0) is 15.1. The first kappa shape index (κ1) is 13.4. The summed E-state index contributed by atoms with van der Waals surface area (Å²) in [6.07, 6.45) is 0. The smallest absolute Gasteiger partial charge is 0.0412 e. The van der Waals surface area contributed by atoms with Gasteiger partial charge in [-0.3, -0.25) is 0 Å². The van der Waals surface area contributed by atoms with Crippen molar-refractivity contribution in [3.63, 3.8) is 0 Å². The molecule has 4 aromatic carbocycles. The maximum absolute atomic E-state index is 6.24. The summed E-state index contributed by atoms with van der Waals surface area (Å²) in [5, 5.41) is 5.89. The van der Waals surface area contributed by atoms with Crippen LogP contribution in [-0.4, -0.2) is 0 Å². The van der Waals surface area contributed by atoms with Gasteiger partial charge >= 0.3 is 0 Å². The summed E-state index contributed by atoms with van der Waals surface area (Å²) in [5.74, 6) is 0. The zero-order valence-electron chi connectivity index (χ0n) is 12.3. The highest BCUT2D eigenvalue weighted by Gasteiger charge is 2.10. The van der Waals surface area contributed by atoms with Crippen LogP contribution in [0, 0.1) is 6.92 Å². The van der Waals surface area contributed by atoms with E-state index < -0.39 is 0 Å². The van der Waals surface area contributed by atoms with Crippen LogP contribution in [0.25, 0.3) is 32.7 Å². The number of halogens is 1. The van der Waals surface area contributed by atoms with Crippen molar-refractivity contribution in [2.75, 3.05) is 0 Å². The lowest BCUT2D eigenvalue weighted by molar-refractivity contribution is 1.47. The molecule has 0 bridgehead atoms. The number of hydrogen-bond donors (Lipinski definition) is 0. The summed E-state index contributed by atoms with van der Waals surface area (Å²) < 4.78 is 0. The van der Waals surface area contributed by atoms with E-state index in [4.69, 9.17) is 11.6 Å². The Morgan fingerprint density at radius 2 is 1.32 bits per heavy atom. The van der Waals surface area contributed by atoms with E-state index in [1.54, 1.807) is 0 Å². The molecular weight excluding hydrogens is 288 g/mol. The third-order valence-corrected chi connectivity index (χ3v) is 4.49. The number of fused-ring (bicyclic) bond motifs is 3. The average Bonchev–Trinajstić information content (AvgIpc) is 2.56. The largest absolute Gasteiger partial charge is 0.0843 e. The van der Waals surface area contributed by atoms with E-state index in [1.165, 1.54) is 38.2 Å². The monoisotopic (exact) mass is 302 g/mol. The van der Waals surface area contributed by atoms with Crippen LogP contribution in [0.2, 0.25) is 5.02 Å². The minimum atomic E-state index is 0.776. The molecule has 0 N–H and O–H groups in total. The van der Waals surface area contributed by atoms with Gasteiger partial charge < -0.3 is 0 Å². The van der Waals surface area contributed by atoms with E-state index >= 15 is 0 Å². The molecule has 0 aromatic heterocycles. The van der Waals surface area contributed by atoms with Gasteiger partial charge in [0.05, 0.1) is 0 Å². The van der Waals surface area contributed by atoms with Crippen molar-refractivity contribution in [3.8, 4) is 11.1 Å². The van der Waals surface area contributed by atoms with Crippen molar-refractivity contribution in [2.24, 2.45) is 0 Å². The molecule has 4 rings (SSSR count). The van der Waals surface area contributed by atoms with E-state index in [1.807, 2.05) is 6.07 Å². The second-order valence-corrected chi connectivity index (χ2v) is 6.09. The van der Waals surface area contributed by atoms with Crippen LogP contribution in [0.5, 0.6) is 0 Å². The Kier molecular flexibility index (Phi) is 3.13. The Bertz CT molecular complexity index is 999. The molecule has 0 fully saturated rings. The topological polar surface area (TPSA) is 0 Å². The molecule has 0 aliphatic heterocycles. The Morgan fingerprint density at radius 3 is 2.14 bits per heavy atom. The summed E-state index contributed by atoms with van der Waals surface area (Å²) in [4.78, 5) is 0. The van der Waals surface area contributed by atoms with Crippen LogP contribution < -0.4 is 0 Å². The molecule has 22 heavy (non-hydrogen) atoms. The maximum atomic E-state index is 6.24. The fraction of sp³-hybridized carbons (Fsp3) is 0.0476. The third-order valence-electron chi connectivity index (χ3n) is 4.26. The number of rotatable bonds is 1. The zero-order valence-corrected chi connectivity index (χ0v) is 13.1. The second kappa shape index (κ2) is 5.15. The van der Waals surface area contributed by atoms with Crippen molar-refractivity contribution in [1.82, 2.24) is 0 Å². The molecule has 1 heteroatoms. The van der Waals surface area contributed by atoms with E-state index in [2.05, 4.69) is 73.7 Å². The van der Waals surface area contributed by atoms with E-state index in [9.17, 15) is 0 Å². The predicted molar refractivity (Wildman–Crippen MR) is 96.6 cm³/mol. The lowest BCUT2D eigenvalue weighted by atomic mass is 9.91. The van der Waals surface area contributed by atoms with Crippen LogP contribution in [0.4, 0.5) is 0 Å². The van der Waals surface area contributed by atoms with Gasteiger partial charge in [-0.15, -0.1) is 0 Å². The minimum absolute atomic E-state index is 0.776. The van der Waals surface area contributed by atoms with Crippen LogP contribution in [0.3, 0.4) is 0 Å². The van der Waals surface area contributed by atoms with Gasteiger partial charge in [-0.2, -0.15) is 0 Å². The highest BCUT2D eigenvalue weighted by molar-refractivity contribution is 6.31. The number of benzene rings is 4. The molecular formula is C21H15Cl. The molecule has 0 unspecified atom stereocenters. The maximum Gasteiger partial charge on any atom is 0.0412 e. The molecule has 0 heterocycles. The Balaban J connectivity index is 2.18. The van der Waals surface area contributed by atoms with Gasteiger partial charge in [-0.05, 0) is 63.4 Å². The van der Waals surface area contributed by atoms with Crippen LogP contribution >= 0.6 is 11.6 Å². The van der Waals surface area contributed by atoms with Crippen molar-refractivity contribution in [1.29, 1.82) is 0 Å². The predicted octanol–water partition coefficient (Wildman–Crippen LogP) is 6.62. The molecule has 0 spiro atoms.